The predicted molar refractivity (Wildman–Crippen MR) is 52.6 cm³/mol. The molecular formula is C11H8F3NO. The monoisotopic (exact) mass is 227 g/mol. The van der Waals surface area contributed by atoms with Crippen molar-refractivity contribution in [3.05, 3.63) is 34.9 Å². The summed E-state index contributed by atoms with van der Waals surface area (Å²) in [6.07, 6.45) is -4.52. The lowest BCUT2D eigenvalue weighted by Crippen LogP contribution is -2.12. The molecule has 2 nitrogen and oxygen atoms in total. The molecule has 0 heterocycles. The summed E-state index contributed by atoms with van der Waals surface area (Å²) in [5.41, 5.74) is 6.02. The highest BCUT2D eigenvalue weighted by Crippen LogP contribution is 2.14. The summed E-state index contributed by atoms with van der Waals surface area (Å²) < 4.78 is 35.4. The maximum Gasteiger partial charge on any atom is 0.458 e. The van der Waals surface area contributed by atoms with Crippen molar-refractivity contribution < 1.29 is 18.0 Å². The third-order valence-electron chi connectivity index (χ3n) is 1.84. The van der Waals surface area contributed by atoms with Crippen LogP contribution in [0, 0.1) is 18.8 Å². The van der Waals surface area contributed by atoms with Gasteiger partial charge < -0.3 is 5.73 Å². The maximum atomic E-state index is 11.8. The third kappa shape index (κ3) is 3.31. The number of rotatable bonds is 1. The first-order chi connectivity index (χ1) is 7.29. The van der Waals surface area contributed by atoms with E-state index in [1.54, 1.807) is 6.92 Å². The molecule has 1 amide bonds. The molecule has 0 spiro atoms. The van der Waals surface area contributed by atoms with Crippen molar-refractivity contribution in [3.8, 4) is 11.8 Å². The first kappa shape index (κ1) is 12.1. The quantitative estimate of drug-likeness (QED) is 0.732. The summed E-state index contributed by atoms with van der Waals surface area (Å²) in [5.74, 6) is 2.49. The summed E-state index contributed by atoms with van der Waals surface area (Å²) in [4.78, 5) is 10.9. The number of alkyl halides is 3. The molecule has 0 atom stereocenters. The highest BCUT2D eigenvalue weighted by atomic mass is 19.4. The number of hydrogen-bond donors (Lipinski definition) is 1. The number of halogens is 3. The van der Waals surface area contributed by atoms with Crippen LogP contribution in [0.2, 0.25) is 0 Å². The highest BCUT2D eigenvalue weighted by Gasteiger charge is 2.22. The highest BCUT2D eigenvalue weighted by molar-refractivity contribution is 5.94. The molecule has 1 rings (SSSR count). The molecule has 0 aliphatic rings. The van der Waals surface area contributed by atoms with Gasteiger partial charge in [-0.15, -0.1) is 0 Å². The molecule has 0 bridgehead atoms. The van der Waals surface area contributed by atoms with Crippen molar-refractivity contribution in [1.82, 2.24) is 0 Å². The molecule has 0 unspecified atom stereocenters. The van der Waals surface area contributed by atoms with Gasteiger partial charge >= 0.3 is 6.18 Å². The van der Waals surface area contributed by atoms with Gasteiger partial charge in [-0.2, -0.15) is 13.2 Å². The molecule has 84 valence electrons. The smallest absolute Gasteiger partial charge is 0.366 e. The molecule has 0 saturated carbocycles. The fraction of sp³-hybridized carbons (Fsp3) is 0.182. The predicted octanol–water partition coefficient (Wildman–Crippen LogP) is 2.01. The van der Waals surface area contributed by atoms with E-state index in [1.165, 1.54) is 18.2 Å². The topological polar surface area (TPSA) is 43.1 Å². The fourth-order valence-electron chi connectivity index (χ4n) is 1.16. The Kier molecular flexibility index (Phi) is 3.23. The lowest BCUT2D eigenvalue weighted by atomic mass is 10.1. The van der Waals surface area contributed by atoms with Gasteiger partial charge in [0, 0.05) is 17.0 Å². The number of aryl methyl sites for hydroxylation is 1. The first-order valence-corrected chi connectivity index (χ1v) is 4.30. The number of carbonyl (C=O) groups is 1. The van der Waals surface area contributed by atoms with Crippen LogP contribution in [-0.2, 0) is 0 Å². The minimum absolute atomic E-state index is 0.194. The molecular weight excluding hydrogens is 219 g/mol. The van der Waals surface area contributed by atoms with E-state index in [1.807, 2.05) is 5.92 Å². The largest absolute Gasteiger partial charge is 0.458 e. The van der Waals surface area contributed by atoms with Gasteiger partial charge in [0.1, 0.15) is 0 Å². The van der Waals surface area contributed by atoms with Crippen molar-refractivity contribution in [2.75, 3.05) is 0 Å². The van der Waals surface area contributed by atoms with E-state index < -0.39 is 12.1 Å². The van der Waals surface area contributed by atoms with E-state index >= 15 is 0 Å². The van der Waals surface area contributed by atoms with Crippen molar-refractivity contribution >= 4 is 5.91 Å². The standard InChI is InChI=1S/C11H8F3NO/c1-7-6-8(4-5-11(12,13)14)2-3-9(7)10(15)16/h2-3,6H,1H3,(H2,15,16). The zero-order valence-electron chi connectivity index (χ0n) is 8.35. The summed E-state index contributed by atoms with van der Waals surface area (Å²) in [6, 6.07) is 4.07. The lowest BCUT2D eigenvalue weighted by molar-refractivity contribution is -0.0696. The number of amides is 1. The lowest BCUT2D eigenvalue weighted by Gasteiger charge is -2.01. The molecule has 1 aromatic carbocycles. The maximum absolute atomic E-state index is 11.8. The molecule has 16 heavy (non-hydrogen) atoms. The first-order valence-electron chi connectivity index (χ1n) is 4.30. The number of hydrogen-bond acceptors (Lipinski definition) is 1. The van der Waals surface area contributed by atoms with Crippen LogP contribution in [0.5, 0.6) is 0 Å². The van der Waals surface area contributed by atoms with Gasteiger partial charge in [-0.3, -0.25) is 4.79 Å². The van der Waals surface area contributed by atoms with Crippen LogP contribution in [0.4, 0.5) is 13.2 Å². The zero-order chi connectivity index (χ0) is 12.3. The van der Waals surface area contributed by atoms with E-state index in [0.717, 1.165) is 5.92 Å². The number of nitrogens with two attached hydrogens (primary N) is 1. The fourth-order valence-corrected chi connectivity index (χ4v) is 1.16. The Morgan fingerprint density at radius 1 is 1.38 bits per heavy atom. The SMILES string of the molecule is Cc1cc(C#CC(F)(F)F)ccc1C(N)=O. The Hall–Kier alpha value is -1.96. The van der Waals surface area contributed by atoms with E-state index in [0.29, 0.717) is 5.56 Å². The van der Waals surface area contributed by atoms with Gasteiger partial charge in [-0.05, 0) is 30.7 Å². The van der Waals surface area contributed by atoms with Crippen LogP contribution in [0.1, 0.15) is 21.5 Å². The average Bonchev–Trinajstić information content (AvgIpc) is 2.13. The minimum Gasteiger partial charge on any atom is -0.366 e. The van der Waals surface area contributed by atoms with Crippen LogP contribution < -0.4 is 5.73 Å². The number of carbonyl (C=O) groups excluding carboxylic acids is 1. The second kappa shape index (κ2) is 4.27. The second-order valence-electron chi connectivity index (χ2n) is 3.14. The molecule has 0 radical (unpaired) electrons. The summed E-state index contributed by atoms with van der Waals surface area (Å²) in [6.45, 7) is 1.58. The molecule has 0 saturated heterocycles. The van der Waals surface area contributed by atoms with Gasteiger partial charge in [-0.1, -0.05) is 5.92 Å². The van der Waals surface area contributed by atoms with E-state index in [9.17, 15) is 18.0 Å². The molecule has 0 aliphatic heterocycles. The minimum atomic E-state index is -4.52. The molecule has 5 heteroatoms. The van der Waals surface area contributed by atoms with Gasteiger partial charge in [0.15, 0.2) is 0 Å². The van der Waals surface area contributed by atoms with Crippen LogP contribution in [0.3, 0.4) is 0 Å². The normalized spacial score (nSPS) is 10.5. The number of benzene rings is 1. The summed E-state index contributed by atoms with van der Waals surface area (Å²) in [5, 5.41) is 0. The van der Waals surface area contributed by atoms with Crippen LogP contribution in [0.25, 0.3) is 0 Å². The molecule has 0 aliphatic carbocycles. The Morgan fingerprint density at radius 2 is 2.00 bits per heavy atom. The Labute approximate surface area is 90.3 Å². The van der Waals surface area contributed by atoms with E-state index in [2.05, 4.69) is 0 Å². The van der Waals surface area contributed by atoms with E-state index in [4.69, 9.17) is 5.73 Å². The molecule has 0 aromatic heterocycles. The van der Waals surface area contributed by atoms with Crippen LogP contribution in [0.15, 0.2) is 18.2 Å². The van der Waals surface area contributed by atoms with Gasteiger partial charge in [0.2, 0.25) is 5.91 Å². The van der Waals surface area contributed by atoms with Gasteiger partial charge in [-0.25, -0.2) is 0 Å². The Morgan fingerprint density at radius 3 is 2.44 bits per heavy atom. The number of primary amides is 1. The van der Waals surface area contributed by atoms with Crippen molar-refractivity contribution in [2.24, 2.45) is 5.73 Å². The van der Waals surface area contributed by atoms with Crippen LogP contribution >= 0.6 is 0 Å². The molecule has 2 N–H and O–H groups in total. The van der Waals surface area contributed by atoms with Gasteiger partial charge in [0.05, 0.1) is 0 Å². The Bertz CT molecular complexity index is 480. The third-order valence-corrected chi connectivity index (χ3v) is 1.84. The van der Waals surface area contributed by atoms with Crippen LogP contribution in [-0.4, -0.2) is 12.1 Å². The summed E-state index contributed by atoms with van der Waals surface area (Å²) in [7, 11) is 0. The van der Waals surface area contributed by atoms with Gasteiger partial charge in [0.25, 0.3) is 0 Å². The Balaban J connectivity index is 3.06. The van der Waals surface area contributed by atoms with Crippen molar-refractivity contribution in [3.63, 3.8) is 0 Å². The van der Waals surface area contributed by atoms with E-state index in [-0.39, 0.29) is 11.1 Å². The summed E-state index contributed by atoms with van der Waals surface area (Å²) >= 11 is 0. The van der Waals surface area contributed by atoms with Crippen molar-refractivity contribution in [2.45, 2.75) is 13.1 Å². The van der Waals surface area contributed by atoms with Crippen molar-refractivity contribution in [1.29, 1.82) is 0 Å². The second-order valence-corrected chi connectivity index (χ2v) is 3.14. The average molecular weight is 227 g/mol. The molecule has 1 aromatic rings. The molecule has 0 fully saturated rings. The zero-order valence-corrected chi connectivity index (χ0v) is 8.35.